The van der Waals surface area contributed by atoms with Crippen LogP contribution >= 0.6 is 31.9 Å². The highest BCUT2D eigenvalue weighted by Crippen LogP contribution is 2.36. The van der Waals surface area contributed by atoms with Gasteiger partial charge in [0, 0.05) is 28.2 Å². The number of anilines is 1. The van der Waals surface area contributed by atoms with Gasteiger partial charge >= 0.3 is 5.69 Å². The third-order valence-electron chi connectivity index (χ3n) is 5.67. The highest BCUT2D eigenvalue weighted by atomic mass is 79.9. The van der Waals surface area contributed by atoms with Crippen molar-refractivity contribution in [1.29, 1.82) is 0 Å². The number of nitro benzene ring substituents is 1. The van der Waals surface area contributed by atoms with E-state index in [0.717, 1.165) is 17.3 Å². The monoisotopic (exact) mass is 673 g/mol. The second-order valence-electron chi connectivity index (χ2n) is 8.61. The van der Waals surface area contributed by atoms with E-state index in [4.69, 9.17) is 4.74 Å². The smallest absolute Gasteiger partial charge is 0.312 e. The molecule has 10 nitrogen and oxygen atoms in total. The number of nitro groups is 1. The Morgan fingerprint density at radius 3 is 2.65 bits per heavy atom. The average Bonchev–Trinajstić information content (AvgIpc) is 2.92. The van der Waals surface area contributed by atoms with Gasteiger partial charge in [-0.05, 0) is 70.9 Å². The van der Waals surface area contributed by atoms with Crippen LogP contribution in [0.5, 0.6) is 5.75 Å². The number of amides is 1. The predicted octanol–water partition coefficient (Wildman–Crippen LogP) is 6.21. The molecular formula is C27H22Br2FN5O5. The summed E-state index contributed by atoms with van der Waals surface area (Å²) in [6.45, 7) is 1.50. The molecule has 0 radical (unpaired) electrons. The molecule has 0 aliphatic rings. The molecule has 0 fully saturated rings. The molecule has 40 heavy (non-hydrogen) atoms. The normalized spacial score (nSPS) is 11.2. The van der Waals surface area contributed by atoms with E-state index in [9.17, 15) is 24.1 Å². The van der Waals surface area contributed by atoms with Gasteiger partial charge in [0.2, 0.25) is 5.75 Å². The van der Waals surface area contributed by atoms with E-state index >= 15 is 0 Å². The van der Waals surface area contributed by atoms with Crippen molar-refractivity contribution >= 4 is 66.3 Å². The lowest BCUT2D eigenvalue weighted by Gasteiger charge is -2.11. The number of unbranched alkanes of at least 4 members (excludes halogenated alkanes) is 1. The summed E-state index contributed by atoms with van der Waals surface area (Å²) in [6, 6.07) is 13.1. The number of hydrogen-bond donors (Lipinski definition) is 1. The van der Waals surface area contributed by atoms with Crippen LogP contribution in [0.4, 0.5) is 15.8 Å². The summed E-state index contributed by atoms with van der Waals surface area (Å²) >= 11 is 6.64. The number of carbonyl (C=O) groups is 1. The fraction of sp³-hybridized carbons (Fsp3) is 0.185. The van der Waals surface area contributed by atoms with E-state index in [1.165, 1.54) is 47.3 Å². The standard InChI is InChI=1S/C27H22Br2FN5O5/c1-2-3-4-24-33-22-10-5-17(28)13-20(22)27(37)34(24)31-14-16-11-21(29)26(23(12-16)35(38)39)40-15-25(36)32-19-8-6-18(30)7-9-19/h5-14H,2-4,15H2,1H3,(H,32,36). The van der Waals surface area contributed by atoms with Gasteiger partial charge in [-0.15, -0.1) is 0 Å². The van der Waals surface area contributed by atoms with Crippen LogP contribution in [-0.4, -0.2) is 33.3 Å². The molecule has 0 bridgehead atoms. The highest BCUT2D eigenvalue weighted by molar-refractivity contribution is 9.10. The van der Waals surface area contributed by atoms with E-state index in [1.807, 2.05) is 6.92 Å². The number of benzene rings is 3. The van der Waals surface area contributed by atoms with Crippen LogP contribution in [0.25, 0.3) is 10.9 Å². The SMILES string of the molecule is CCCCc1nc2ccc(Br)cc2c(=O)n1N=Cc1cc(Br)c(OCC(=O)Nc2ccc(F)cc2)c([N+](=O)[O-])c1. The molecule has 1 N–H and O–H groups in total. The Bertz CT molecular complexity index is 1680. The maximum Gasteiger partial charge on any atom is 0.312 e. The summed E-state index contributed by atoms with van der Waals surface area (Å²) in [5.74, 6) is -0.731. The number of nitrogens with zero attached hydrogens (tertiary/aromatic N) is 4. The molecule has 0 aliphatic carbocycles. The van der Waals surface area contributed by atoms with Crippen LogP contribution in [0.2, 0.25) is 0 Å². The van der Waals surface area contributed by atoms with Crippen molar-refractivity contribution in [3.8, 4) is 5.75 Å². The van der Waals surface area contributed by atoms with Crippen molar-refractivity contribution in [2.24, 2.45) is 5.10 Å². The van der Waals surface area contributed by atoms with Crippen LogP contribution < -0.4 is 15.6 Å². The van der Waals surface area contributed by atoms with E-state index in [0.29, 0.717) is 34.4 Å². The lowest BCUT2D eigenvalue weighted by atomic mass is 10.2. The van der Waals surface area contributed by atoms with Crippen molar-refractivity contribution in [3.05, 3.63) is 101 Å². The zero-order chi connectivity index (χ0) is 28.8. The van der Waals surface area contributed by atoms with Crippen LogP contribution in [0, 0.1) is 15.9 Å². The third kappa shape index (κ3) is 6.96. The quantitative estimate of drug-likeness (QED) is 0.121. The first-order valence-corrected chi connectivity index (χ1v) is 13.7. The van der Waals surface area contributed by atoms with Gasteiger partial charge in [-0.3, -0.25) is 19.7 Å². The van der Waals surface area contributed by atoms with Crippen molar-refractivity contribution in [2.75, 3.05) is 11.9 Å². The average molecular weight is 675 g/mol. The summed E-state index contributed by atoms with van der Waals surface area (Å²) in [5.41, 5.74) is 0.427. The minimum absolute atomic E-state index is 0.158. The molecule has 1 heterocycles. The van der Waals surface area contributed by atoms with Crippen molar-refractivity contribution in [2.45, 2.75) is 26.2 Å². The molecule has 1 aromatic heterocycles. The molecule has 1 amide bonds. The zero-order valence-corrected chi connectivity index (χ0v) is 24.2. The molecule has 3 aromatic carbocycles. The number of hydrogen-bond acceptors (Lipinski definition) is 7. The topological polar surface area (TPSA) is 129 Å². The Morgan fingerprint density at radius 2 is 1.95 bits per heavy atom. The Balaban J connectivity index is 1.62. The number of halogens is 3. The maximum atomic E-state index is 13.3. The molecule has 206 valence electrons. The molecule has 0 spiro atoms. The number of fused-ring (bicyclic) bond motifs is 1. The Morgan fingerprint density at radius 1 is 1.20 bits per heavy atom. The summed E-state index contributed by atoms with van der Waals surface area (Å²) in [5, 5.41) is 19.1. The van der Waals surface area contributed by atoms with Crippen molar-refractivity contribution in [3.63, 3.8) is 0 Å². The first kappa shape index (κ1) is 29.0. The van der Waals surface area contributed by atoms with E-state index in [2.05, 4.69) is 47.3 Å². The van der Waals surface area contributed by atoms with Gasteiger partial charge in [-0.25, -0.2) is 9.37 Å². The number of carbonyl (C=O) groups excluding carboxylic acids is 1. The number of rotatable bonds is 10. The molecule has 0 atom stereocenters. The summed E-state index contributed by atoms with van der Waals surface area (Å²) < 4.78 is 20.7. The third-order valence-corrected chi connectivity index (χ3v) is 6.75. The first-order valence-electron chi connectivity index (χ1n) is 12.1. The molecular weight excluding hydrogens is 653 g/mol. The number of aromatic nitrogens is 2. The van der Waals surface area contributed by atoms with Gasteiger partial charge in [0.25, 0.3) is 11.5 Å². The summed E-state index contributed by atoms with van der Waals surface area (Å²) in [7, 11) is 0. The van der Waals surface area contributed by atoms with E-state index in [1.54, 1.807) is 18.2 Å². The zero-order valence-electron chi connectivity index (χ0n) is 21.1. The number of aryl methyl sites for hydroxylation is 1. The Kier molecular flexibility index (Phi) is 9.38. The van der Waals surface area contributed by atoms with Crippen molar-refractivity contribution in [1.82, 2.24) is 9.66 Å². The van der Waals surface area contributed by atoms with Gasteiger partial charge in [0.15, 0.2) is 6.61 Å². The second-order valence-corrected chi connectivity index (χ2v) is 10.4. The van der Waals surface area contributed by atoms with Crippen LogP contribution in [0.15, 0.2) is 73.4 Å². The molecule has 4 aromatic rings. The van der Waals surface area contributed by atoms with Gasteiger partial charge in [0.05, 0.1) is 26.5 Å². The fourth-order valence-corrected chi connectivity index (χ4v) is 4.70. The summed E-state index contributed by atoms with van der Waals surface area (Å²) in [6.07, 6.45) is 3.53. The highest BCUT2D eigenvalue weighted by Gasteiger charge is 2.21. The molecule has 4 rings (SSSR count). The fourth-order valence-electron chi connectivity index (χ4n) is 3.76. The minimum Gasteiger partial charge on any atom is -0.476 e. The maximum absolute atomic E-state index is 13.3. The van der Waals surface area contributed by atoms with Gasteiger partial charge in [-0.1, -0.05) is 29.3 Å². The largest absolute Gasteiger partial charge is 0.476 e. The minimum atomic E-state index is -0.650. The molecule has 0 unspecified atom stereocenters. The summed E-state index contributed by atoms with van der Waals surface area (Å²) in [4.78, 5) is 41.3. The number of ether oxygens (including phenoxy) is 1. The molecule has 0 saturated heterocycles. The van der Waals surface area contributed by atoms with Crippen molar-refractivity contribution < 1.29 is 18.8 Å². The van der Waals surface area contributed by atoms with Crippen LogP contribution in [0.1, 0.15) is 31.2 Å². The van der Waals surface area contributed by atoms with E-state index in [-0.39, 0.29) is 15.8 Å². The lowest BCUT2D eigenvalue weighted by Crippen LogP contribution is -2.22. The second kappa shape index (κ2) is 12.9. The lowest BCUT2D eigenvalue weighted by molar-refractivity contribution is -0.385. The van der Waals surface area contributed by atoms with Gasteiger partial charge in [-0.2, -0.15) is 9.78 Å². The molecule has 13 heteroatoms. The molecule has 0 saturated carbocycles. The predicted molar refractivity (Wildman–Crippen MR) is 157 cm³/mol. The van der Waals surface area contributed by atoms with Crippen LogP contribution in [-0.2, 0) is 11.2 Å². The van der Waals surface area contributed by atoms with Gasteiger partial charge < -0.3 is 10.1 Å². The molecule has 0 aliphatic heterocycles. The van der Waals surface area contributed by atoms with Crippen LogP contribution in [0.3, 0.4) is 0 Å². The Labute approximate surface area is 244 Å². The first-order chi connectivity index (χ1) is 19.2. The van der Waals surface area contributed by atoms with E-state index < -0.39 is 28.9 Å². The Hall–Kier alpha value is -3.97. The number of nitrogens with one attached hydrogen (secondary N) is 1. The van der Waals surface area contributed by atoms with Gasteiger partial charge in [0.1, 0.15) is 11.6 Å².